The third-order valence-electron chi connectivity index (χ3n) is 5.02. The summed E-state index contributed by atoms with van der Waals surface area (Å²) in [6.07, 6.45) is 4.77. The van der Waals surface area contributed by atoms with E-state index in [4.69, 9.17) is 0 Å². The van der Waals surface area contributed by atoms with Crippen molar-refractivity contribution < 1.29 is 4.79 Å². The molecular formula is C19H26N4O2. The summed E-state index contributed by atoms with van der Waals surface area (Å²) in [5.74, 6) is 0.460. The molecule has 2 aromatic heterocycles. The maximum Gasteiger partial charge on any atom is 0.261 e. The van der Waals surface area contributed by atoms with E-state index in [1.807, 2.05) is 37.9 Å². The van der Waals surface area contributed by atoms with Crippen LogP contribution in [0, 0.1) is 12.8 Å². The van der Waals surface area contributed by atoms with Gasteiger partial charge in [0.15, 0.2) is 0 Å². The Labute approximate surface area is 147 Å². The zero-order valence-corrected chi connectivity index (χ0v) is 15.1. The Bertz CT molecular complexity index is 806. The zero-order chi connectivity index (χ0) is 18.0. The number of rotatable bonds is 4. The monoisotopic (exact) mass is 342 g/mol. The average Bonchev–Trinajstić information content (AvgIpc) is 2.99. The molecule has 1 saturated heterocycles. The van der Waals surface area contributed by atoms with Gasteiger partial charge in [-0.3, -0.25) is 14.7 Å². The maximum absolute atomic E-state index is 12.8. The van der Waals surface area contributed by atoms with E-state index in [1.54, 1.807) is 6.07 Å². The van der Waals surface area contributed by atoms with Crippen molar-refractivity contribution in [3.63, 3.8) is 0 Å². The van der Waals surface area contributed by atoms with Gasteiger partial charge in [-0.25, -0.2) is 0 Å². The SMILES string of the molecule is Cc1cn[nH]c1C[C@H]1CCCN(C(=O)c2ccc(C(C)C)[nH]c2=O)C1. The van der Waals surface area contributed by atoms with Gasteiger partial charge in [-0.1, -0.05) is 13.8 Å². The maximum atomic E-state index is 12.8. The van der Waals surface area contributed by atoms with Crippen LogP contribution in [0.4, 0.5) is 0 Å². The number of carbonyl (C=O) groups excluding carboxylic acids is 1. The summed E-state index contributed by atoms with van der Waals surface area (Å²) < 4.78 is 0. The largest absolute Gasteiger partial charge is 0.338 e. The number of amides is 1. The second-order valence-electron chi connectivity index (χ2n) is 7.31. The first-order valence-electron chi connectivity index (χ1n) is 8.97. The molecule has 6 nitrogen and oxygen atoms in total. The lowest BCUT2D eigenvalue weighted by molar-refractivity contribution is 0.0671. The molecule has 0 unspecified atom stereocenters. The molecular weight excluding hydrogens is 316 g/mol. The first-order chi connectivity index (χ1) is 12.0. The van der Waals surface area contributed by atoms with Crippen LogP contribution in [0.25, 0.3) is 0 Å². The first kappa shape index (κ1) is 17.5. The summed E-state index contributed by atoms with van der Waals surface area (Å²) in [6, 6.07) is 3.51. The molecule has 134 valence electrons. The molecule has 3 rings (SSSR count). The lowest BCUT2D eigenvalue weighted by Gasteiger charge is -2.32. The molecule has 3 heterocycles. The van der Waals surface area contributed by atoms with Crippen LogP contribution in [0.15, 0.2) is 23.1 Å². The molecule has 2 N–H and O–H groups in total. The van der Waals surface area contributed by atoms with Crippen LogP contribution in [-0.2, 0) is 6.42 Å². The van der Waals surface area contributed by atoms with Crippen molar-refractivity contribution in [2.24, 2.45) is 5.92 Å². The van der Waals surface area contributed by atoms with Crippen LogP contribution in [0.1, 0.15) is 59.9 Å². The predicted octanol–water partition coefficient (Wildman–Crippen LogP) is 2.62. The average molecular weight is 342 g/mol. The number of aryl methyl sites for hydroxylation is 1. The molecule has 0 radical (unpaired) electrons. The topological polar surface area (TPSA) is 81.8 Å². The number of aromatic amines is 2. The predicted molar refractivity (Wildman–Crippen MR) is 96.8 cm³/mol. The molecule has 1 atom stereocenters. The van der Waals surface area contributed by atoms with Gasteiger partial charge in [0.1, 0.15) is 5.56 Å². The lowest BCUT2D eigenvalue weighted by atomic mass is 9.92. The van der Waals surface area contributed by atoms with Crippen LogP contribution in [-0.4, -0.2) is 39.1 Å². The standard InChI is InChI=1S/C19H26N4O2/c1-12(2)16-7-6-15(18(24)21-16)19(25)23-8-4-5-14(11-23)9-17-13(3)10-20-22-17/h6-7,10,12,14H,4-5,8-9,11H2,1-3H3,(H,20,22)(H,21,24)/t14-/m1/s1. The fraction of sp³-hybridized carbons (Fsp3) is 0.526. The molecule has 0 saturated carbocycles. The Morgan fingerprint density at radius 1 is 1.40 bits per heavy atom. The molecule has 1 amide bonds. The Kier molecular flexibility index (Phi) is 5.06. The highest BCUT2D eigenvalue weighted by Gasteiger charge is 2.26. The molecule has 6 heteroatoms. The quantitative estimate of drug-likeness (QED) is 0.896. The van der Waals surface area contributed by atoms with Crippen molar-refractivity contribution in [2.45, 2.75) is 46.0 Å². The minimum absolute atomic E-state index is 0.164. The highest BCUT2D eigenvalue weighted by molar-refractivity contribution is 5.93. The number of nitrogens with one attached hydrogen (secondary N) is 2. The van der Waals surface area contributed by atoms with Crippen LogP contribution in [0.2, 0.25) is 0 Å². The van der Waals surface area contributed by atoms with Gasteiger partial charge in [-0.05, 0) is 55.7 Å². The van der Waals surface area contributed by atoms with Gasteiger partial charge >= 0.3 is 0 Å². The summed E-state index contributed by atoms with van der Waals surface area (Å²) in [4.78, 5) is 29.8. The highest BCUT2D eigenvalue weighted by Crippen LogP contribution is 2.22. The van der Waals surface area contributed by atoms with E-state index in [-0.39, 0.29) is 22.9 Å². The highest BCUT2D eigenvalue weighted by atomic mass is 16.2. The van der Waals surface area contributed by atoms with Crippen LogP contribution in [0.5, 0.6) is 0 Å². The summed E-state index contributed by atoms with van der Waals surface area (Å²) in [5, 5.41) is 7.12. The Balaban J connectivity index is 1.72. The van der Waals surface area contributed by atoms with Crippen molar-refractivity contribution in [3.05, 3.63) is 51.2 Å². The Hall–Kier alpha value is -2.37. The third-order valence-corrected chi connectivity index (χ3v) is 5.02. The van der Waals surface area contributed by atoms with Crippen molar-refractivity contribution in [1.82, 2.24) is 20.1 Å². The molecule has 0 bridgehead atoms. The molecule has 1 aliphatic heterocycles. The number of hydrogen-bond acceptors (Lipinski definition) is 3. The molecule has 1 aliphatic rings. The molecule has 0 aromatic carbocycles. The van der Waals surface area contributed by atoms with Crippen LogP contribution < -0.4 is 5.56 Å². The van der Waals surface area contributed by atoms with E-state index < -0.39 is 0 Å². The number of pyridine rings is 1. The Morgan fingerprint density at radius 3 is 2.84 bits per heavy atom. The van der Waals surface area contributed by atoms with E-state index in [2.05, 4.69) is 15.2 Å². The van der Waals surface area contributed by atoms with Crippen molar-refractivity contribution in [3.8, 4) is 0 Å². The van der Waals surface area contributed by atoms with Gasteiger partial charge in [-0.2, -0.15) is 5.10 Å². The number of likely N-dealkylation sites (tertiary alicyclic amines) is 1. The summed E-state index contributed by atoms with van der Waals surface area (Å²) in [6.45, 7) is 7.46. The number of carbonyl (C=O) groups is 1. The van der Waals surface area contributed by atoms with Crippen molar-refractivity contribution >= 4 is 5.91 Å². The van der Waals surface area contributed by atoms with E-state index in [9.17, 15) is 9.59 Å². The third kappa shape index (κ3) is 3.83. The summed E-state index contributed by atoms with van der Waals surface area (Å²) in [5.41, 5.74) is 3.10. The van der Waals surface area contributed by atoms with Crippen molar-refractivity contribution in [2.75, 3.05) is 13.1 Å². The normalized spacial score (nSPS) is 17.9. The fourth-order valence-electron chi connectivity index (χ4n) is 3.45. The lowest BCUT2D eigenvalue weighted by Crippen LogP contribution is -2.42. The second kappa shape index (κ2) is 7.25. The second-order valence-corrected chi connectivity index (χ2v) is 7.31. The molecule has 0 aliphatic carbocycles. The minimum atomic E-state index is -0.289. The fourth-order valence-corrected chi connectivity index (χ4v) is 3.45. The number of piperidine rings is 1. The molecule has 25 heavy (non-hydrogen) atoms. The van der Waals surface area contributed by atoms with E-state index in [0.29, 0.717) is 19.0 Å². The van der Waals surface area contributed by atoms with Gasteiger partial charge in [0, 0.05) is 24.5 Å². The zero-order valence-electron chi connectivity index (χ0n) is 15.1. The molecule has 2 aromatic rings. The van der Waals surface area contributed by atoms with Gasteiger partial charge in [0.25, 0.3) is 11.5 Å². The van der Waals surface area contributed by atoms with E-state index in [0.717, 1.165) is 36.2 Å². The van der Waals surface area contributed by atoms with E-state index >= 15 is 0 Å². The number of H-pyrrole nitrogens is 2. The van der Waals surface area contributed by atoms with Crippen LogP contribution in [0.3, 0.4) is 0 Å². The first-order valence-corrected chi connectivity index (χ1v) is 8.97. The summed E-state index contributed by atoms with van der Waals surface area (Å²) >= 11 is 0. The summed E-state index contributed by atoms with van der Waals surface area (Å²) in [7, 11) is 0. The minimum Gasteiger partial charge on any atom is -0.338 e. The van der Waals surface area contributed by atoms with Gasteiger partial charge in [0.05, 0.1) is 6.20 Å². The van der Waals surface area contributed by atoms with E-state index in [1.165, 1.54) is 0 Å². The number of aromatic nitrogens is 3. The van der Waals surface area contributed by atoms with Crippen LogP contribution >= 0.6 is 0 Å². The molecule has 0 spiro atoms. The number of nitrogens with zero attached hydrogens (tertiary/aromatic N) is 2. The van der Waals surface area contributed by atoms with Gasteiger partial charge < -0.3 is 9.88 Å². The molecule has 1 fully saturated rings. The smallest absolute Gasteiger partial charge is 0.261 e. The van der Waals surface area contributed by atoms with Gasteiger partial charge in [-0.15, -0.1) is 0 Å². The Morgan fingerprint density at radius 2 is 2.20 bits per heavy atom. The number of hydrogen-bond donors (Lipinski definition) is 2. The van der Waals surface area contributed by atoms with Gasteiger partial charge in [0.2, 0.25) is 0 Å². The van der Waals surface area contributed by atoms with Crippen molar-refractivity contribution in [1.29, 1.82) is 0 Å².